The number of aliphatic hydroxyl groups excluding tert-OH is 1. The number of hydrogen-bond acceptors (Lipinski definition) is 9. The Morgan fingerprint density at radius 3 is 2.69 bits per heavy atom. The Hall–Kier alpha value is -4.13. The third kappa shape index (κ3) is 5.53. The summed E-state index contributed by atoms with van der Waals surface area (Å²) >= 11 is 0. The summed E-state index contributed by atoms with van der Waals surface area (Å²) in [5.74, 6) is -0.233. The highest BCUT2D eigenvalue weighted by Crippen LogP contribution is 2.33. The molecule has 3 N–H and O–H groups in total. The molecule has 1 saturated heterocycles. The van der Waals surface area contributed by atoms with Gasteiger partial charge in [-0.1, -0.05) is 13.8 Å². The van der Waals surface area contributed by atoms with Gasteiger partial charge in [-0.2, -0.15) is 4.98 Å². The average Bonchev–Trinajstić information content (AvgIpc) is 3.56. The highest BCUT2D eigenvalue weighted by atomic mass is 19.1. The SMILES string of the molecule is CC(C)c1nc(N2CCC(n3cc(F)c4c(Nc5ccc(C(=O)NCCCO)cc5F)ncnc43)CC2)no1. The van der Waals surface area contributed by atoms with Crippen LogP contribution in [0.5, 0.6) is 0 Å². The number of benzene rings is 1. The molecule has 4 aromatic rings. The number of aromatic nitrogens is 5. The van der Waals surface area contributed by atoms with E-state index in [1.54, 1.807) is 4.57 Å². The van der Waals surface area contributed by atoms with E-state index in [0.29, 0.717) is 37.0 Å². The van der Waals surface area contributed by atoms with Crippen molar-refractivity contribution >= 4 is 34.4 Å². The number of amides is 1. The Kier molecular flexibility index (Phi) is 7.68. The van der Waals surface area contributed by atoms with E-state index >= 15 is 4.39 Å². The van der Waals surface area contributed by atoms with Gasteiger partial charge in [-0.05, 0) is 42.6 Å². The highest BCUT2D eigenvalue weighted by molar-refractivity contribution is 5.95. The van der Waals surface area contributed by atoms with Gasteiger partial charge < -0.3 is 29.7 Å². The van der Waals surface area contributed by atoms with Crippen LogP contribution in [0, 0.1) is 11.6 Å². The number of aliphatic hydroxyl groups is 1. The number of carbonyl (C=O) groups excluding carboxylic acids is 1. The lowest BCUT2D eigenvalue weighted by molar-refractivity contribution is 0.0950. The van der Waals surface area contributed by atoms with Crippen molar-refractivity contribution in [1.29, 1.82) is 0 Å². The van der Waals surface area contributed by atoms with E-state index in [9.17, 15) is 9.18 Å². The molecule has 13 heteroatoms. The molecule has 5 rings (SSSR count). The number of piperidine rings is 1. The normalized spacial score (nSPS) is 14.4. The average molecular weight is 541 g/mol. The van der Waals surface area contributed by atoms with Crippen LogP contribution in [0.15, 0.2) is 35.2 Å². The second kappa shape index (κ2) is 11.3. The van der Waals surface area contributed by atoms with Crippen molar-refractivity contribution < 1.29 is 23.2 Å². The zero-order valence-electron chi connectivity index (χ0n) is 21.7. The van der Waals surface area contributed by atoms with Crippen LogP contribution in [0.3, 0.4) is 0 Å². The number of nitrogens with zero attached hydrogens (tertiary/aromatic N) is 6. The summed E-state index contributed by atoms with van der Waals surface area (Å²) in [6.45, 7) is 5.55. The van der Waals surface area contributed by atoms with Gasteiger partial charge in [0.25, 0.3) is 11.9 Å². The van der Waals surface area contributed by atoms with Crippen molar-refractivity contribution in [3.8, 4) is 0 Å². The number of anilines is 3. The number of halogens is 2. The molecule has 0 atom stereocenters. The van der Waals surface area contributed by atoms with Crippen LogP contribution >= 0.6 is 0 Å². The fourth-order valence-corrected chi connectivity index (χ4v) is 4.62. The first-order valence-corrected chi connectivity index (χ1v) is 12.9. The lowest BCUT2D eigenvalue weighted by atomic mass is 10.1. The summed E-state index contributed by atoms with van der Waals surface area (Å²) in [6, 6.07) is 3.95. The zero-order valence-corrected chi connectivity index (χ0v) is 21.7. The van der Waals surface area contributed by atoms with Crippen molar-refractivity contribution in [1.82, 2.24) is 30.0 Å². The van der Waals surface area contributed by atoms with Crippen LogP contribution in [-0.2, 0) is 0 Å². The number of hydrogen-bond donors (Lipinski definition) is 3. The molecule has 1 amide bonds. The summed E-state index contributed by atoms with van der Waals surface area (Å²) in [6.07, 6.45) is 4.56. The predicted octanol–water partition coefficient (Wildman–Crippen LogP) is 3.91. The minimum atomic E-state index is -0.689. The quantitative estimate of drug-likeness (QED) is 0.270. The molecule has 4 heterocycles. The molecule has 1 aromatic carbocycles. The summed E-state index contributed by atoms with van der Waals surface area (Å²) < 4.78 is 37.2. The zero-order chi connectivity index (χ0) is 27.5. The monoisotopic (exact) mass is 540 g/mol. The van der Waals surface area contributed by atoms with Crippen molar-refractivity contribution in [2.24, 2.45) is 0 Å². The van der Waals surface area contributed by atoms with Crippen LogP contribution in [0.1, 0.15) is 61.3 Å². The molecule has 0 radical (unpaired) electrons. The van der Waals surface area contributed by atoms with Crippen molar-refractivity contribution in [2.45, 2.75) is 45.1 Å². The molecule has 1 aliphatic heterocycles. The van der Waals surface area contributed by atoms with Crippen LogP contribution in [0.25, 0.3) is 11.0 Å². The van der Waals surface area contributed by atoms with Gasteiger partial charge in [-0.3, -0.25) is 4.79 Å². The third-order valence-corrected chi connectivity index (χ3v) is 6.73. The van der Waals surface area contributed by atoms with Crippen LogP contribution < -0.4 is 15.5 Å². The fraction of sp³-hybridized carbons (Fsp3) is 0.423. The largest absolute Gasteiger partial charge is 0.396 e. The maximum absolute atomic E-state index is 15.2. The topological polar surface area (TPSA) is 134 Å². The fourth-order valence-electron chi connectivity index (χ4n) is 4.62. The summed E-state index contributed by atoms with van der Waals surface area (Å²) in [5, 5.41) is 18.5. The van der Waals surface area contributed by atoms with Gasteiger partial charge in [0.15, 0.2) is 5.82 Å². The summed E-state index contributed by atoms with van der Waals surface area (Å²) in [7, 11) is 0. The number of nitrogens with one attached hydrogen (secondary N) is 2. The predicted molar refractivity (Wildman–Crippen MR) is 140 cm³/mol. The van der Waals surface area contributed by atoms with Gasteiger partial charge >= 0.3 is 0 Å². The standard InChI is InChI=1S/C26H30F2N8O3/c1-15(2)25-33-26(34-39-25)35-9-6-17(7-10-35)36-13-19(28)21-22(30-14-31-23(21)36)32-20-5-4-16(12-18(20)27)24(38)29-8-3-11-37/h4-5,12-15,17,37H,3,6-11H2,1-2H3,(H,29,38)(H,30,31,32). The molecule has 0 spiro atoms. The van der Waals surface area contributed by atoms with Gasteiger partial charge in [0.2, 0.25) is 5.89 Å². The van der Waals surface area contributed by atoms with Crippen molar-refractivity contribution in [2.75, 3.05) is 36.5 Å². The minimum absolute atomic E-state index is 0.00663. The Morgan fingerprint density at radius 2 is 2.00 bits per heavy atom. The molecular formula is C26H30F2N8O3. The van der Waals surface area contributed by atoms with Gasteiger partial charge in [0.05, 0.1) is 11.1 Å². The minimum Gasteiger partial charge on any atom is -0.396 e. The van der Waals surface area contributed by atoms with E-state index in [2.05, 4.69) is 35.6 Å². The van der Waals surface area contributed by atoms with Gasteiger partial charge in [-0.25, -0.2) is 18.7 Å². The number of carbonyl (C=O) groups is 1. The van der Waals surface area contributed by atoms with Gasteiger partial charge in [0, 0.05) is 50.0 Å². The third-order valence-electron chi connectivity index (χ3n) is 6.73. The Morgan fingerprint density at radius 1 is 1.21 bits per heavy atom. The maximum atomic E-state index is 15.2. The lowest BCUT2D eigenvalue weighted by Crippen LogP contribution is -2.35. The first-order valence-electron chi connectivity index (χ1n) is 12.9. The number of fused-ring (bicyclic) bond motifs is 1. The van der Waals surface area contributed by atoms with Crippen LogP contribution in [-0.4, -0.2) is 61.9 Å². The van der Waals surface area contributed by atoms with E-state index in [1.165, 1.54) is 24.7 Å². The van der Waals surface area contributed by atoms with Gasteiger partial charge in [0.1, 0.15) is 23.6 Å². The lowest BCUT2D eigenvalue weighted by Gasteiger charge is -2.31. The first kappa shape index (κ1) is 26.5. The maximum Gasteiger partial charge on any atom is 0.266 e. The molecule has 11 nitrogen and oxygen atoms in total. The first-order chi connectivity index (χ1) is 18.9. The molecule has 3 aromatic heterocycles. The second-order valence-corrected chi connectivity index (χ2v) is 9.76. The van der Waals surface area contributed by atoms with E-state index in [0.717, 1.165) is 18.9 Å². The number of rotatable bonds is 9. The molecule has 39 heavy (non-hydrogen) atoms. The molecule has 0 unspecified atom stereocenters. The van der Waals surface area contributed by atoms with E-state index < -0.39 is 17.5 Å². The van der Waals surface area contributed by atoms with E-state index in [4.69, 9.17) is 9.63 Å². The molecule has 1 aliphatic rings. The van der Waals surface area contributed by atoms with Crippen molar-refractivity contribution in [3.05, 3.63) is 53.8 Å². The Bertz CT molecular complexity index is 1460. The smallest absolute Gasteiger partial charge is 0.266 e. The van der Waals surface area contributed by atoms with Crippen molar-refractivity contribution in [3.63, 3.8) is 0 Å². The molecule has 206 valence electrons. The van der Waals surface area contributed by atoms with Crippen LogP contribution in [0.4, 0.5) is 26.2 Å². The summed E-state index contributed by atoms with van der Waals surface area (Å²) in [5.41, 5.74) is 0.586. The molecular weight excluding hydrogens is 510 g/mol. The molecule has 1 fully saturated rings. The molecule has 0 bridgehead atoms. The second-order valence-electron chi connectivity index (χ2n) is 9.76. The summed E-state index contributed by atoms with van der Waals surface area (Å²) in [4.78, 5) is 27.2. The highest BCUT2D eigenvalue weighted by Gasteiger charge is 2.27. The molecule has 0 aliphatic carbocycles. The van der Waals surface area contributed by atoms with E-state index in [-0.39, 0.29) is 47.6 Å². The van der Waals surface area contributed by atoms with Gasteiger partial charge in [-0.15, -0.1) is 0 Å². The van der Waals surface area contributed by atoms with Crippen LogP contribution in [0.2, 0.25) is 0 Å². The van der Waals surface area contributed by atoms with E-state index in [1.807, 2.05) is 13.8 Å². The Balaban J connectivity index is 1.31. The Labute approximate surface area is 223 Å². The molecule has 0 saturated carbocycles.